The molecule has 0 unspecified atom stereocenters. The van der Waals surface area contributed by atoms with Gasteiger partial charge < -0.3 is 9.47 Å². The third-order valence-corrected chi connectivity index (χ3v) is 4.50. The van der Waals surface area contributed by atoms with Crippen molar-refractivity contribution in [2.45, 2.75) is 39.9 Å². The van der Waals surface area contributed by atoms with E-state index in [0.717, 1.165) is 35.5 Å². The van der Waals surface area contributed by atoms with Crippen LogP contribution in [0.25, 0.3) is 0 Å². The number of aryl methyl sites for hydroxylation is 2. The summed E-state index contributed by atoms with van der Waals surface area (Å²) in [5.41, 5.74) is 4.96. The highest BCUT2D eigenvalue weighted by Gasteiger charge is 2.00. The van der Waals surface area contributed by atoms with E-state index in [2.05, 4.69) is 62.4 Å². The van der Waals surface area contributed by atoms with Crippen molar-refractivity contribution < 1.29 is 9.47 Å². The van der Waals surface area contributed by atoms with Crippen LogP contribution in [0.15, 0.2) is 72.8 Å². The number of ether oxygens (including phenoxy) is 2. The third-order valence-electron chi connectivity index (χ3n) is 4.50. The molecule has 0 fully saturated rings. The number of rotatable bonds is 8. The molecule has 0 saturated heterocycles. The van der Waals surface area contributed by atoms with Gasteiger partial charge >= 0.3 is 0 Å². The summed E-state index contributed by atoms with van der Waals surface area (Å²) in [4.78, 5) is 0. The van der Waals surface area contributed by atoms with Crippen LogP contribution in [0, 0.1) is 0 Å². The van der Waals surface area contributed by atoms with Crippen molar-refractivity contribution in [3.05, 3.63) is 95.1 Å². The van der Waals surface area contributed by atoms with Gasteiger partial charge in [0.25, 0.3) is 0 Å². The fourth-order valence-electron chi connectivity index (χ4n) is 2.71. The number of hydrogen-bond donors (Lipinski definition) is 0. The molecule has 3 rings (SSSR count). The van der Waals surface area contributed by atoms with E-state index in [4.69, 9.17) is 9.47 Å². The second kappa shape index (κ2) is 9.10. The Morgan fingerprint density at radius 2 is 0.769 bits per heavy atom. The van der Waals surface area contributed by atoms with E-state index in [-0.39, 0.29) is 0 Å². The molecule has 0 atom stereocenters. The van der Waals surface area contributed by atoms with E-state index in [1.807, 2.05) is 24.3 Å². The van der Waals surface area contributed by atoms with Crippen molar-refractivity contribution in [2.75, 3.05) is 0 Å². The molecule has 0 radical (unpaired) electrons. The molecule has 26 heavy (non-hydrogen) atoms. The zero-order valence-electron chi connectivity index (χ0n) is 15.6. The number of benzene rings is 3. The lowest BCUT2D eigenvalue weighted by atomic mass is 10.1. The first kappa shape index (κ1) is 18.1. The Labute approximate surface area is 156 Å². The molecule has 0 aromatic heterocycles. The van der Waals surface area contributed by atoms with Crippen LogP contribution in [0.4, 0.5) is 0 Å². The van der Waals surface area contributed by atoms with Crippen LogP contribution >= 0.6 is 0 Å². The molecule has 2 nitrogen and oxygen atoms in total. The highest BCUT2D eigenvalue weighted by Crippen LogP contribution is 2.17. The molecule has 0 heterocycles. The van der Waals surface area contributed by atoms with Crippen LogP contribution in [0.3, 0.4) is 0 Å². The molecular formula is C24H26O2. The molecule has 2 heteroatoms. The molecule has 0 aliphatic rings. The normalized spacial score (nSPS) is 10.5. The maximum Gasteiger partial charge on any atom is 0.119 e. The Hall–Kier alpha value is -2.74. The summed E-state index contributed by atoms with van der Waals surface area (Å²) < 4.78 is 11.7. The van der Waals surface area contributed by atoms with Crippen molar-refractivity contribution in [1.29, 1.82) is 0 Å². The van der Waals surface area contributed by atoms with E-state index in [1.165, 1.54) is 11.1 Å². The zero-order chi connectivity index (χ0) is 18.2. The molecule has 3 aromatic rings. The molecule has 0 bridgehead atoms. The van der Waals surface area contributed by atoms with Gasteiger partial charge in [0.2, 0.25) is 0 Å². The molecule has 0 N–H and O–H groups in total. The lowest BCUT2D eigenvalue weighted by molar-refractivity contribution is 0.302. The lowest BCUT2D eigenvalue weighted by Crippen LogP contribution is -1.98. The summed E-state index contributed by atoms with van der Waals surface area (Å²) in [5, 5.41) is 0. The molecule has 0 saturated carbocycles. The zero-order valence-corrected chi connectivity index (χ0v) is 15.6. The van der Waals surface area contributed by atoms with Crippen LogP contribution in [-0.4, -0.2) is 0 Å². The minimum atomic E-state index is 0.574. The summed E-state index contributed by atoms with van der Waals surface area (Å²) >= 11 is 0. The Morgan fingerprint density at radius 3 is 1.08 bits per heavy atom. The van der Waals surface area contributed by atoms with E-state index < -0.39 is 0 Å². The quantitative estimate of drug-likeness (QED) is 0.500. The Kier molecular flexibility index (Phi) is 6.32. The fourth-order valence-corrected chi connectivity index (χ4v) is 2.71. The fraction of sp³-hybridized carbons (Fsp3) is 0.250. The largest absolute Gasteiger partial charge is 0.489 e. The maximum absolute atomic E-state index is 5.85. The monoisotopic (exact) mass is 346 g/mol. The summed E-state index contributed by atoms with van der Waals surface area (Å²) in [6, 6.07) is 25.0. The second-order valence-electron chi connectivity index (χ2n) is 6.39. The average Bonchev–Trinajstić information content (AvgIpc) is 2.72. The smallest absolute Gasteiger partial charge is 0.119 e. The highest BCUT2D eigenvalue weighted by molar-refractivity contribution is 5.29. The van der Waals surface area contributed by atoms with Gasteiger partial charge in [-0.15, -0.1) is 0 Å². The lowest BCUT2D eigenvalue weighted by Gasteiger charge is -2.09. The van der Waals surface area contributed by atoms with E-state index in [9.17, 15) is 0 Å². The molecule has 0 aliphatic carbocycles. The maximum atomic E-state index is 5.85. The van der Waals surface area contributed by atoms with Crippen molar-refractivity contribution in [2.24, 2.45) is 0 Å². The summed E-state index contributed by atoms with van der Waals surface area (Å²) in [5.74, 6) is 1.82. The van der Waals surface area contributed by atoms with Crippen LogP contribution in [0.2, 0.25) is 0 Å². The standard InChI is InChI=1S/C24H26O2/c1-3-19-9-13-23(14-10-19)25-17-21-5-7-22(8-6-21)18-26-24-15-11-20(4-2)12-16-24/h5-16H,3-4,17-18H2,1-2H3. The van der Waals surface area contributed by atoms with E-state index >= 15 is 0 Å². The van der Waals surface area contributed by atoms with Crippen LogP contribution in [0.5, 0.6) is 11.5 Å². The Balaban J connectivity index is 1.49. The Morgan fingerprint density at radius 1 is 0.462 bits per heavy atom. The van der Waals surface area contributed by atoms with Gasteiger partial charge in [0.05, 0.1) is 0 Å². The predicted octanol–water partition coefficient (Wildman–Crippen LogP) is 5.97. The molecule has 0 aliphatic heterocycles. The van der Waals surface area contributed by atoms with Crippen molar-refractivity contribution >= 4 is 0 Å². The van der Waals surface area contributed by atoms with Gasteiger partial charge in [-0.3, -0.25) is 0 Å². The topological polar surface area (TPSA) is 18.5 Å². The minimum Gasteiger partial charge on any atom is -0.489 e. The van der Waals surface area contributed by atoms with Crippen molar-refractivity contribution in [3.8, 4) is 11.5 Å². The highest BCUT2D eigenvalue weighted by atomic mass is 16.5. The van der Waals surface area contributed by atoms with Gasteiger partial charge in [-0.1, -0.05) is 62.4 Å². The van der Waals surface area contributed by atoms with Gasteiger partial charge in [0.1, 0.15) is 24.7 Å². The molecule has 0 amide bonds. The van der Waals surface area contributed by atoms with Gasteiger partial charge in [0.15, 0.2) is 0 Å². The molecule has 134 valence electrons. The van der Waals surface area contributed by atoms with E-state index in [0.29, 0.717) is 13.2 Å². The van der Waals surface area contributed by atoms with Gasteiger partial charge in [-0.2, -0.15) is 0 Å². The summed E-state index contributed by atoms with van der Waals surface area (Å²) in [6.45, 7) is 5.46. The first-order chi connectivity index (χ1) is 12.8. The van der Waals surface area contributed by atoms with Crippen molar-refractivity contribution in [1.82, 2.24) is 0 Å². The van der Waals surface area contributed by atoms with Gasteiger partial charge in [-0.25, -0.2) is 0 Å². The second-order valence-corrected chi connectivity index (χ2v) is 6.39. The summed E-state index contributed by atoms with van der Waals surface area (Å²) in [6.07, 6.45) is 2.10. The van der Waals surface area contributed by atoms with E-state index in [1.54, 1.807) is 0 Å². The third kappa shape index (κ3) is 5.13. The van der Waals surface area contributed by atoms with Gasteiger partial charge in [-0.05, 0) is 59.4 Å². The first-order valence-corrected chi connectivity index (χ1v) is 9.28. The first-order valence-electron chi connectivity index (χ1n) is 9.28. The van der Waals surface area contributed by atoms with Crippen molar-refractivity contribution in [3.63, 3.8) is 0 Å². The molecular weight excluding hydrogens is 320 g/mol. The Bertz CT molecular complexity index is 717. The average molecular weight is 346 g/mol. The summed E-state index contributed by atoms with van der Waals surface area (Å²) in [7, 11) is 0. The molecule has 0 spiro atoms. The SMILES string of the molecule is CCc1ccc(OCc2ccc(COc3ccc(CC)cc3)cc2)cc1. The minimum absolute atomic E-state index is 0.574. The predicted molar refractivity (Wildman–Crippen MR) is 107 cm³/mol. The molecule has 3 aromatic carbocycles. The van der Waals surface area contributed by atoms with Crippen LogP contribution < -0.4 is 9.47 Å². The van der Waals surface area contributed by atoms with Gasteiger partial charge in [0, 0.05) is 0 Å². The number of hydrogen-bond acceptors (Lipinski definition) is 2. The van der Waals surface area contributed by atoms with Crippen LogP contribution in [-0.2, 0) is 26.1 Å². The van der Waals surface area contributed by atoms with Crippen LogP contribution in [0.1, 0.15) is 36.1 Å².